The van der Waals surface area contributed by atoms with E-state index in [2.05, 4.69) is 0 Å². The summed E-state index contributed by atoms with van der Waals surface area (Å²) in [7, 11) is 0. The number of carbonyl (C=O) groups is 2. The molecule has 1 aromatic rings. The van der Waals surface area contributed by atoms with Crippen LogP contribution >= 0.6 is 0 Å². The molecule has 1 aromatic heterocycles. The van der Waals surface area contributed by atoms with Crippen LogP contribution in [-0.4, -0.2) is 34.5 Å². The number of furan rings is 1. The number of nitrogens with zero attached hydrogens (tertiary/aromatic N) is 1. The van der Waals surface area contributed by atoms with Crippen LogP contribution in [0.15, 0.2) is 10.5 Å². The number of rotatable bonds is 6. The van der Waals surface area contributed by atoms with Crippen molar-refractivity contribution >= 4 is 11.9 Å². The first-order valence-corrected chi connectivity index (χ1v) is 6.55. The highest BCUT2D eigenvalue weighted by atomic mass is 16.4. The molecule has 1 heterocycles. The van der Waals surface area contributed by atoms with E-state index in [0.29, 0.717) is 0 Å². The molecule has 0 fully saturated rings. The molecule has 0 bridgehead atoms. The average molecular weight is 267 g/mol. The molecular weight excluding hydrogens is 246 g/mol. The van der Waals surface area contributed by atoms with E-state index in [4.69, 9.17) is 9.52 Å². The minimum absolute atomic E-state index is 0.191. The first-order chi connectivity index (χ1) is 8.90. The number of aryl methyl sites for hydroxylation is 2. The molecule has 0 aliphatic carbocycles. The van der Waals surface area contributed by atoms with Gasteiger partial charge in [-0.1, -0.05) is 13.8 Å². The van der Waals surface area contributed by atoms with Gasteiger partial charge in [-0.05, 0) is 31.9 Å². The number of carboxylic acid groups (broad SMARTS) is 1. The average Bonchev–Trinajstić information content (AvgIpc) is 2.77. The lowest BCUT2D eigenvalue weighted by Crippen LogP contribution is -2.40. The summed E-state index contributed by atoms with van der Waals surface area (Å²) in [5.74, 6) is -0.375. The smallest absolute Gasteiger partial charge is 0.323 e. The molecule has 106 valence electrons. The van der Waals surface area contributed by atoms with Crippen LogP contribution in [0.4, 0.5) is 0 Å². The van der Waals surface area contributed by atoms with Gasteiger partial charge >= 0.3 is 5.97 Å². The van der Waals surface area contributed by atoms with Gasteiger partial charge in [-0.15, -0.1) is 0 Å². The summed E-state index contributed by atoms with van der Waals surface area (Å²) in [4.78, 5) is 24.4. The van der Waals surface area contributed by atoms with Gasteiger partial charge in [-0.3, -0.25) is 9.59 Å². The molecule has 5 nitrogen and oxygen atoms in total. The summed E-state index contributed by atoms with van der Waals surface area (Å²) < 4.78 is 5.55. The van der Waals surface area contributed by atoms with Crippen molar-refractivity contribution in [3.63, 3.8) is 0 Å². The zero-order valence-corrected chi connectivity index (χ0v) is 11.9. The van der Waals surface area contributed by atoms with Crippen LogP contribution < -0.4 is 0 Å². The lowest BCUT2D eigenvalue weighted by Gasteiger charge is -2.23. The van der Waals surface area contributed by atoms with Crippen molar-refractivity contribution in [1.82, 2.24) is 4.90 Å². The first-order valence-electron chi connectivity index (χ1n) is 6.55. The highest BCUT2D eigenvalue weighted by Crippen LogP contribution is 2.19. The monoisotopic (exact) mass is 267 g/mol. The normalized spacial score (nSPS) is 10.8. The molecule has 0 saturated carbocycles. The van der Waals surface area contributed by atoms with Crippen LogP contribution in [0.5, 0.6) is 0 Å². The Bertz CT molecular complexity index is 441. The predicted octanol–water partition coefficient (Wildman–Crippen LogP) is 2.34. The number of carboxylic acids is 1. The third-order valence-corrected chi connectivity index (χ3v) is 3.00. The largest absolute Gasteiger partial charge is 0.480 e. The van der Waals surface area contributed by atoms with Crippen molar-refractivity contribution in [2.75, 3.05) is 6.54 Å². The van der Waals surface area contributed by atoms with Gasteiger partial charge in [0.1, 0.15) is 12.3 Å². The highest BCUT2D eigenvalue weighted by Gasteiger charge is 2.25. The molecule has 1 amide bonds. The summed E-state index contributed by atoms with van der Waals surface area (Å²) in [5, 5.41) is 8.86. The Morgan fingerprint density at radius 3 is 2.32 bits per heavy atom. The van der Waals surface area contributed by atoms with E-state index in [0.717, 1.165) is 24.2 Å². The molecule has 1 rings (SSSR count). The summed E-state index contributed by atoms with van der Waals surface area (Å²) in [6.45, 7) is 7.20. The van der Waals surface area contributed by atoms with Gasteiger partial charge in [-0.2, -0.15) is 0 Å². The van der Waals surface area contributed by atoms with Crippen molar-refractivity contribution in [3.8, 4) is 0 Å². The van der Waals surface area contributed by atoms with Gasteiger partial charge in [0.15, 0.2) is 5.76 Å². The maximum Gasteiger partial charge on any atom is 0.323 e. The standard InChI is InChI=1S/C14H21NO4/c1-5-10-7-12(19-11(10)6-2)14(18)15(9(3)4)8-13(16)17/h7,9H,5-6,8H2,1-4H3,(H,16,17). The summed E-state index contributed by atoms with van der Waals surface area (Å²) in [6.07, 6.45) is 1.51. The number of hydrogen-bond donors (Lipinski definition) is 1. The van der Waals surface area contributed by atoms with Gasteiger partial charge < -0.3 is 14.4 Å². The Kier molecular flexibility index (Phi) is 5.15. The van der Waals surface area contributed by atoms with Crippen LogP contribution in [0.25, 0.3) is 0 Å². The van der Waals surface area contributed by atoms with Gasteiger partial charge in [0.2, 0.25) is 0 Å². The van der Waals surface area contributed by atoms with Crippen LogP contribution in [0.3, 0.4) is 0 Å². The van der Waals surface area contributed by atoms with Gasteiger partial charge in [0, 0.05) is 12.5 Å². The van der Waals surface area contributed by atoms with Crippen LogP contribution in [-0.2, 0) is 17.6 Å². The highest BCUT2D eigenvalue weighted by molar-refractivity contribution is 5.93. The number of carbonyl (C=O) groups excluding carboxylic acids is 1. The Morgan fingerprint density at radius 2 is 1.95 bits per heavy atom. The Morgan fingerprint density at radius 1 is 1.32 bits per heavy atom. The second kappa shape index (κ2) is 6.41. The molecular formula is C14H21NO4. The molecule has 1 N–H and O–H groups in total. The van der Waals surface area contributed by atoms with E-state index in [1.165, 1.54) is 4.90 Å². The minimum Gasteiger partial charge on any atom is -0.480 e. The first kappa shape index (κ1) is 15.3. The Balaban J connectivity index is 3.02. The molecule has 5 heteroatoms. The minimum atomic E-state index is -1.03. The summed E-state index contributed by atoms with van der Waals surface area (Å²) in [6, 6.07) is 1.53. The second-order valence-corrected chi connectivity index (χ2v) is 4.69. The van der Waals surface area contributed by atoms with Crippen LogP contribution in [0.2, 0.25) is 0 Å². The predicted molar refractivity (Wildman–Crippen MR) is 71.3 cm³/mol. The second-order valence-electron chi connectivity index (χ2n) is 4.69. The third-order valence-electron chi connectivity index (χ3n) is 3.00. The molecule has 0 atom stereocenters. The SMILES string of the molecule is CCc1cc(C(=O)N(CC(=O)O)C(C)C)oc1CC. The van der Waals surface area contributed by atoms with E-state index in [9.17, 15) is 9.59 Å². The molecule has 0 aliphatic heterocycles. The van der Waals surface area contributed by atoms with Gasteiger partial charge in [0.25, 0.3) is 5.91 Å². The number of aliphatic carboxylic acids is 1. The van der Waals surface area contributed by atoms with E-state index in [-0.39, 0.29) is 24.3 Å². The zero-order valence-electron chi connectivity index (χ0n) is 11.9. The van der Waals surface area contributed by atoms with Crippen molar-refractivity contribution in [2.24, 2.45) is 0 Å². The molecule has 0 aliphatic rings. The Labute approximate surface area is 113 Å². The van der Waals surface area contributed by atoms with Crippen LogP contribution in [0, 0.1) is 0 Å². The molecule has 0 radical (unpaired) electrons. The van der Waals surface area contributed by atoms with E-state index in [1.807, 2.05) is 13.8 Å². The van der Waals surface area contributed by atoms with E-state index >= 15 is 0 Å². The van der Waals surface area contributed by atoms with E-state index < -0.39 is 5.97 Å². The van der Waals surface area contributed by atoms with Crippen LogP contribution in [0.1, 0.15) is 49.6 Å². The molecule has 0 saturated heterocycles. The summed E-state index contributed by atoms with van der Waals surface area (Å²) in [5.41, 5.74) is 1.00. The maximum absolute atomic E-state index is 12.3. The molecule has 0 aromatic carbocycles. The zero-order chi connectivity index (χ0) is 14.6. The van der Waals surface area contributed by atoms with Crippen molar-refractivity contribution in [3.05, 3.63) is 23.2 Å². The lowest BCUT2D eigenvalue weighted by atomic mass is 10.1. The number of amides is 1. The third kappa shape index (κ3) is 3.59. The maximum atomic E-state index is 12.3. The van der Waals surface area contributed by atoms with Crippen molar-refractivity contribution < 1.29 is 19.1 Å². The van der Waals surface area contributed by atoms with Gasteiger partial charge in [-0.25, -0.2) is 0 Å². The fourth-order valence-corrected chi connectivity index (χ4v) is 1.95. The topological polar surface area (TPSA) is 70.8 Å². The fraction of sp³-hybridized carbons (Fsp3) is 0.571. The quantitative estimate of drug-likeness (QED) is 0.858. The van der Waals surface area contributed by atoms with Crippen molar-refractivity contribution in [1.29, 1.82) is 0 Å². The van der Waals surface area contributed by atoms with Crippen molar-refractivity contribution in [2.45, 2.75) is 46.6 Å². The lowest BCUT2D eigenvalue weighted by molar-refractivity contribution is -0.138. The fourth-order valence-electron chi connectivity index (χ4n) is 1.95. The summed E-state index contributed by atoms with van der Waals surface area (Å²) >= 11 is 0. The van der Waals surface area contributed by atoms with Gasteiger partial charge in [0.05, 0.1) is 0 Å². The number of hydrogen-bond acceptors (Lipinski definition) is 3. The molecule has 19 heavy (non-hydrogen) atoms. The van der Waals surface area contributed by atoms with E-state index in [1.54, 1.807) is 19.9 Å². The molecule has 0 spiro atoms. The molecule has 0 unspecified atom stereocenters. The Hall–Kier alpha value is -1.78.